The van der Waals surface area contributed by atoms with E-state index in [-0.39, 0.29) is 88.8 Å². The maximum Gasteiger partial charge on any atom is 0.306 e. The molecular formula is C69H130O12. The first-order valence-electron chi connectivity index (χ1n) is 34.7. The van der Waals surface area contributed by atoms with Gasteiger partial charge in [-0.3, -0.25) is 24.0 Å². The molecule has 0 saturated carbocycles. The summed E-state index contributed by atoms with van der Waals surface area (Å²) in [6.07, 6.45) is 50.0. The fourth-order valence-electron chi connectivity index (χ4n) is 10.2. The standard InChI is InChI=1S/C69H130O12/c1-6-11-16-21-26-31-36-41-46-51-65(70)77-60-63(80-68(73)54-49-44-39-34-29-24-19-14-9-4)58-75-56-62(79-67(72)53-48-43-38-33-28-23-18-13-8-3)57-76-59-64(81-69(74)55-50-45-40-35-30-25-20-15-10-5)61-78-66(71)52-47-42-37-32-27-22-17-12-7-2/h62-64H,6-61H2,1-5H3. The lowest BCUT2D eigenvalue weighted by Gasteiger charge is -2.23. The van der Waals surface area contributed by atoms with Crippen molar-refractivity contribution in [1.82, 2.24) is 0 Å². The summed E-state index contributed by atoms with van der Waals surface area (Å²) >= 11 is 0. The molecule has 0 heterocycles. The van der Waals surface area contributed by atoms with Crippen LogP contribution < -0.4 is 0 Å². The van der Waals surface area contributed by atoms with Crippen molar-refractivity contribution in [3.05, 3.63) is 0 Å². The predicted molar refractivity (Wildman–Crippen MR) is 332 cm³/mol. The summed E-state index contributed by atoms with van der Waals surface area (Å²) in [5.74, 6) is -1.74. The first kappa shape index (κ1) is 78.3. The van der Waals surface area contributed by atoms with Gasteiger partial charge in [-0.2, -0.15) is 0 Å². The second-order valence-corrected chi connectivity index (χ2v) is 23.7. The first-order valence-corrected chi connectivity index (χ1v) is 34.7. The van der Waals surface area contributed by atoms with E-state index in [0.29, 0.717) is 19.3 Å². The second-order valence-electron chi connectivity index (χ2n) is 23.7. The number of hydrogen-bond donors (Lipinski definition) is 0. The van der Waals surface area contributed by atoms with Crippen molar-refractivity contribution in [2.24, 2.45) is 0 Å². The zero-order chi connectivity index (χ0) is 59.2. The fourth-order valence-corrected chi connectivity index (χ4v) is 10.2. The number of hydrogen-bond acceptors (Lipinski definition) is 12. The number of ether oxygens (including phenoxy) is 7. The molecule has 12 heteroatoms. The van der Waals surface area contributed by atoms with E-state index >= 15 is 0 Å². The fraction of sp³-hybridized carbons (Fsp3) is 0.928. The summed E-state index contributed by atoms with van der Waals surface area (Å²) in [6.45, 7) is 10.6. The van der Waals surface area contributed by atoms with E-state index in [1.54, 1.807) is 0 Å². The van der Waals surface area contributed by atoms with Gasteiger partial charge in [-0.25, -0.2) is 0 Å². The molecule has 0 aliphatic rings. The van der Waals surface area contributed by atoms with Crippen LogP contribution in [0.25, 0.3) is 0 Å². The first-order chi connectivity index (χ1) is 39.7. The van der Waals surface area contributed by atoms with Crippen LogP contribution in [0.4, 0.5) is 0 Å². The molecule has 0 rings (SSSR count). The van der Waals surface area contributed by atoms with E-state index in [0.717, 1.165) is 109 Å². The lowest BCUT2D eigenvalue weighted by Crippen LogP contribution is -2.35. The Bertz CT molecular complexity index is 1310. The monoisotopic (exact) mass is 1150 g/mol. The van der Waals surface area contributed by atoms with Gasteiger partial charge in [0, 0.05) is 32.1 Å². The van der Waals surface area contributed by atoms with Gasteiger partial charge in [-0.15, -0.1) is 0 Å². The van der Waals surface area contributed by atoms with Crippen LogP contribution >= 0.6 is 0 Å². The van der Waals surface area contributed by atoms with Crippen molar-refractivity contribution in [1.29, 1.82) is 0 Å². The summed E-state index contributed by atoms with van der Waals surface area (Å²) in [5, 5.41) is 0. The molecule has 12 nitrogen and oxygen atoms in total. The molecule has 0 radical (unpaired) electrons. The van der Waals surface area contributed by atoms with Crippen LogP contribution in [-0.4, -0.2) is 87.8 Å². The third kappa shape index (κ3) is 58.8. The Morgan fingerprint density at radius 2 is 0.370 bits per heavy atom. The molecule has 0 aromatic rings. The van der Waals surface area contributed by atoms with E-state index in [1.807, 2.05) is 0 Å². The molecular weight excluding hydrogens is 1020 g/mol. The van der Waals surface area contributed by atoms with E-state index in [1.165, 1.54) is 173 Å². The van der Waals surface area contributed by atoms with Crippen molar-refractivity contribution < 1.29 is 57.1 Å². The van der Waals surface area contributed by atoms with Crippen molar-refractivity contribution in [2.45, 2.75) is 374 Å². The number of esters is 5. The summed E-state index contributed by atoms with van der Waals surface area (Å²) < 4.78 is 41.4. The Balaban J connectivity index is 5.84. The number of carbonyl (C=O) groups is 5. The molecule has 0 spiro atoms. The van der Waals surface area contributed by atoms with Gasteiger partial charge in [0.15, 0.2) is 12.2 Å². The minimum absolute atomic E-state index is 0.0705. The molecule has 0 amide bonds. The molecule has 2 unspecified atom stereocenters. The number of rotatable bonds is 65. The number of unbranched alkanes of at least 4 members (excludes halogenated alkanes) is 40. The largest absolute Gasteiger partial charge is 0.462 e. The highest BCUT2D eigenvalue weighted by atomic mass is 16.6. The summed E-state index contributed by atoms with van der Waals surface area (Å²) in [6, 6.07) is 0. The van der Waals surface area contributed by atoms with Crippen LogP contribution in [0.3, 0.4) is 0 Å². The minimum Gasteiger partial charge on any atom is -0.462 e. The van der Waals surface area contributed by atoms with Crippen molar-refractivity contribution in [2.75, 3.05) is 39.6 Å². The van der Waals surface area contributed by atoms with Crippen molar-refractivity contribution in [3.8, 4) is 0 Å². The van der Waals surface area contributed by atoms with Gasteiger partial charge in [-0.1, -0.05) is 291 Å². The molecule has 0 bridgehead atoms. The van der Waals surface area contributed by atoms with Gasteiger partial charge >= 0.3 is 29.8 Å². The van der Waals surface area contributed by atoms with E-state index in [2.05, 4.69) is 34.6 Å². The Hall–Kier alpha value is -2.73. The molecule has 0 saturated heterocycles. The summed E-state index contributed by atoms with van der Waals surface area (Å²) in [4.78, 5) is 65.6. The summed E-state index contributed by atoms with van der Waals surface area (Å²) in [5.41, 5.74) is 0. The van der Waals surface area contributed by atoms with Gasteiger partial charge in [0.05, 0.1) is 26.4 Å². The van der Waals surface area contributed by atoms with Gasteiger partial charge < -0.3 is 33.2 Å². The van der Waals surface area contributed by atoms with Gasteiger partial charge in [0.25, 0.3) is 0 Å². The Kier molecular flexibility index (Phi) is 61.2. The van der Waals surface area contributed by atoms with E-state index in [9.17, 15) is 24.0 Å². The Morgan fingerprint density at radius 3 is 0.568 bits per heavy atom. The van der Waals surface area contributed by atoms with Crippen LogP contribution in [0.5, 0.6) is 0 Å². The molecule has 0 aliphatic heterocycles. The molecule has 0 fully saturated rings. The van der Waals surface area contributed by atoms with Crippen LogP contribution in [0.1, 0.15) is 356 Å². The van der Waals surface area contributed by atoms with Crippen molar-refractivity contribution in [3.63, 3.8) is 0 Å². The minimum atomic E-state index is -0.845. The third-order valence-corrected chi connectivity index (χ3v) is 15.4. The lowest BCUT2D eigenvalue weighted by atomic mass is 10.1. The summed E-state index contributed by atoms with van der Waals surface area (Å²) in [7, 11) is 0. The predicted octanol–water partition coefficient (Wildman–Crippen LogP) is 19.4. The van der Waals surface area contributed by atoms with Crippen LogP contribution in [0, 0.1) is 0 Å². The quantitative estimate of drug-likeness (QED) is 0.0324. The van der Waals surface area contributed by atoms with Gasteiger partial charge in [0.2, 0.25) is 0 Å². The third-order valence-electron chi connectivity index (χ3n) is 15.4. The van der Waals surface area contributed by atoms with E-state index in [4.69, 9.17) is 33.2 Å². The Morgan fingerprint density at radius 1 is 0.210 bits per heavy atom. The lowest BCUT2D eigenvalue weighted by molar-refractivity contribution is -0.169. The topological polar surface area (TPSA) is 150 Å². The maximum absolute atomic E-state index is 13.4. The Labute approximate surface area is 498 Å². The maximum atomic E-state index is 13.4. The highest BCUT2D eigenvalue weighted by Crippen LogP contribution is 2.17. The molecule has 478 valence electrons. The zero-order valence-corrected chi connectivity index (χ0v) is 53.7. The van der Waals surface area contributed by atoms with E-state index < -0.39 is 18.3 Å². The van der Waals surface area contributed by atoms with Gasteiger partial charge in [0.1, 0.15) is 19.3 Å². The van der Waals surface area contributed by atoms with Gasteiger partial charge in [-0.05, 0) is 32.1 Å². The van der Waals surface area contributed by atoms with Crippen LogP contribution in [0.15, 0.2) is 0 Å². The molecule has 0 N–H and O–H groups in total. The average Bonchev–Trinajstić information content (AvgIpc) is 3.45. The number of carbonyl (C=O) groups excluding carboxylic acids is 5. The molecule has 0 aliphatic carbocycles. The van der Waals surface area contributed by atoms with Crippen LogP contribution in [0.2, 0.25) is 0 Å². The molecule has 0 aromatic heterocycles. The average molecular weight is 1150 g/mol. The SMILES string of the molecule is CCCCCCCCCCCC(=O)OCC(COCC(COCC(COC(=O)CCCCCCCCCCC)OC(=O)CCCCCCCCCCC)OC(=O)CCCCCCCCCCC)OC(=O)CCCCCCCCCCC. The van der Waals surface area contributed by atoms with Crippen molar-refractivity contribution >= 4 is 29.8 Å². The zero-order valence-electron chi connectivity index (χ0n) is 53.7. The second kappa shape index (κ2) is 63.3. The smallest absolute Gasteiger partial charge is 0.306 e. The molecule has 0 aromatic carbocycles. The molecule has 81 heavy (non-hydrogen) atoms. The highest BCUT2D eigenvalue weighted by molar-refractivity contribution is 5.71. The molecule has 2 atom stereocenters. The normalized spacial score (nSPS) is 12.5. The highest BCUT2D eigenvalue weighted by Gasteiger charge is 2.23. The van der Waals surface area contributed by atoms with Crippen LogP contribution in [-0.2, 0) is 57.1 Å².